The number of halogens is 4. The van der Waals surface area contributed by atoms with Crippen LogP contribution in [0.3, 0.4) is 0 Å². The molecule has 0 saturated heterocycles. The molecular weight excluding hydrogens is 513 g/mol. The number of aryl methyl sites for hydroxylation is 2. The number of ether oxygens (including phenoxy) is 1. The predicted molar refractivity (Wildman–Crippen MR) is 117 cm³/mol. The van der Waals surface area contributed by atoms with Crippen molar-refractivity contribution >= 4 is 64.7 Å². The first kappa shape index (κ1) is 23.1. The van der Waals surface area contributed by atoms with Crippen molar-refractivity contribution < 1.29 is 9.15 Å². The summed E-state index contributed by atoms with van der Waals surface area (Å²) in [6.07, 6.45) is 0. The van der Waals surface area contributed by atoms with Crippen molar-refractivity contribution in [1.29, 1.82) is 0 Å². The van der Waals surface area contributed by atoms with Crippen LogP contribution in [0.5, 0.6) is 5.75 Å². The molecule has 2 N–H and O–H groups in total. The van der Waals surface area contributed by atoms with Gasteiger partial charge in [0.25, 0.3) is 0 Å². The average molecular weight is 534 g/mol. The number of aromatic nitrogens is 1. The maximum Gasteiger partial charge on any atom is 0.214 e. The molecule has 0 aliphatic rings. The Hall–Kier alpha value is -0.900. The average Bonchev–Trinajstić information content (AvgIpc) is 2.86. The highest BCUT2D eigenvalue weighted by Gasteiger charge is 2.09. The first-order chi connectivity index (χ1) is 11.9. The summed E-state index contributed by atoms with van der Waals surface area (Å²) >= 11 is 18.0. The van der Waals surface area contributed by atoms with Crippen molar-refractivity contribution in [2.75, 3.05) is 20.2 Å². The van der Waals surface area contributed by atoms with Gasteiger partial charge in [-0.2, -0.15) is 0 Å². The van der Waals surface area contributed by atoms with E-state index in [1.807, 2.05) is 13.8 Å². The molecule has 0 unspecified atom stereocenters. The standard InChI is InChI=1S/C16H19Cl3N4O2.HI/c1-9-10(2)25-14(23-9)8-22-16(20-3)21-4-5-24-15-12(18)6-11(17)7-13(15)19;/h6-7H,4-5,8H2,1-3H3,(H2,20,21,22);1H. The fourth-order valence-corrected chi connectivity index (χ4v) is 2.91. The summed E-state index contributed by atoms with van der Waals surface area (Å²) in [5, 5.41) is 7.43. The van der Waals surface area contributed by atoms with Crippen molar-refractivity contribution in [3.05, 3.63) is 44.5 Å². The second-order valence-corrected chi connectivity index (χ2v) is 6.40. The van der Waals surface area contributed by atoms with Gasteiger partial charge in [-0.15, -0.1) is 24.0 Å². The lowest BCUT2D eigenvalue weighted by Crippen LogP contribution is -2.39. The molecule has 6 nitrogen and oxygen atoms in total. The van der Waals surface area contributed by atoms with Crippen LogP contribution in [0.25, 0.3) is 0 Å². The van der Waals surface area contributed by atoms with E-state index in [0.717, 1.165) is 11.5 Å². The van der Waals surface area contributed by atoms with Crippen LogP contribution in [0, 0.1) is 13.8 Å². The number of hydrogen-bond acceptors (Lipinski definition) is 4. The van der Waals surface area contributed by atoms with E-state index < -0.39 is 0 Å². The lowest BCUT2D eigenvalue weighted by molar-refractivity contribution is 0.322. The van der Waals surface area contributed by atoms with Crippen molar-refractivity contribution in [2.45, 2.75) is 20.4 Å². The molecule has 0 bridgehead atoms. The highest BCUT2D eigenvalue weighted by Crippen LogP contribution is 2.35. The molecule has 0 aliphatic heterocycles. The number of benzene rings is 1. The van der Waals surface area contributed by atoms with E-state index in [9.17, 15) is 0 Å². The molecule has 0 aliphatic carbocycles. The van der Waals surface area contributed by atoms with Gasteiger partial charge < -0.3 is 19.8 Å². The summed E-state index contributed by atoms with van der Waals surface area (Å²) in [5.74, 6) is 2.42. The normalized spacial score (nSPS) is 11.1. The molecular formula is C16H20Cl3IN4O2. The summed E-state index contributed by atoms with van der Waals surface area (Å²) in [6, 6.07) is 3.16. The van der Waals surface area contributed by atoms with Crippen LogP contribution in [0.4, 0.5) is 0 Å². The van der Waals surface area contributed by atoms with E-state index in [4.69, 9.17) is 44.0 Å². The second kappa shape index (κ2) is 11.1. The molecule has 1 heterocycles. The van der Waals surface area contributed by atoms with Gasteiger partial charge in [0.05, 0.1) is 28.8 Å². The molecule has 0 saturated carbocycles. The Morgan fingerprint density at radius 1 is 1.19 bits per heavy atom. The number of aliphatic imine (C=N–C) groups is 1. The molecule has 0 radical (unpaired) electrons. The number of oxazole rings is 1. The summed E-state index contributed by atoms with van der Waals surface area (Å²) in [6.45, 7) is 5.06. The Morgan fingerprint density at radius 3 is 2.38 bits per heavy atom. The maximum absolute atomic E-state index is 6.07. The highest BCUT2D eigenvalue weighted by atomic mass is 127. The second-order valence-electron chi connectivity index (χ2n) is 5.15. The van der Waals surface area contributed by atoms with E-state index in [0.29, 0.717) is 52.4 Å². The molecule has 1 aromatic heterocycles. The lowest BCUT2D eigenvalue weighted by Gasteiger charge is -2.13. The van der Waals surface area contributed by atoms with Gasteiger partial charge in [0.2, 0.25) is 5.89 Å². The quantitative estimate of drug-likeness (QED) is 0.246. The Morgan fingerprint density at radius 2 is 1.85 bits per heavy atom. The lowest BCUT2D eigenvalue weighted by atomic mass is 10.3. The zero-order chi connectivity index (χ0) is 18.4. The molecule has 2 rings (SSSR count). The zero-order valence-electron chi connectivity index (χ0n) is 14.5. The van der Waals surface area contributed by atoms with Crippen LogP contribution < -0.4 is 15.4 Å². The van der Waals surface area contributed by atoms with Gasteiger partial charge in [-0.25, -0.2) is 4.98 Å². The summed E-state index contributed by atoms with van der Waals surface area (Å²) in [4.78, 5) is 8.43. The van der Waals surface area contributed by atoms with E-state index in [2.05, 4.69) is 20.6 Å². The van der Waals surface area contributed by atoms with Gasteiger partial charge in [-0.05, 0) is 26.0 Å². The molecule has 2 aromatic rings. The van der Waals surface area contributed by atoms with Crippen LogP contribution >= 0.6 is 58.8 Å². The molecule has 10 heteroatoms. The number of guanidine groups is 1. The van der Waals surface area contributed by atoms with E-state index in [1.165, 1.54) is 0 Å². The summed E-state index contributed by atoms with van der Waals surface area (Å²) < 4.78 is 11.1. The molecule has 0 fully saturated rings. The first-order valence-electron chi connectivity index (χ1n) is 7.55. The van der Waals surface area contributed by atoms with Crippen molar-refractivity contribution in [3.63, 3.8) is 0 Å². The number of nitrogens with zero attached hydrogens (tertiary/aromatic N) is 2. The SMILES string of the molecule is CN=C(NCCOc1c(Cl)cc(Cl)cc1Cl)NCc1nc(C)c(C)o1.I. The molecule has 0 spiro atoms. The third-order valence-corrected chi connectivity index (χ3v) is 4.09. The minimum atomic E-state index is 0. The first-order valence-corrected chi connectivity index (χ1v) is 8.69. The van der Waals surface area contributed by atoms with Gasteiger partial charge >= 0.3 is 0 Å². The molecule has 26 heavy (non-hydrogen) atoms. The van der Waals surface area contributed by atoms with Gasteiger partial charge in [-0.3, -0.25) is 4.99 Å². The van der Waals surface area contributed by atoms with Crippen LogP contribution in [0.2, 0.25) is 15.1 Å². The van der Waals surface area contributed by atoms with Gasteiger partial charge in [0.15, 0.2) is 11.7 Å². The third kappa shape index (κ3) is 6.68. The fraction of sp³-hybridized carbons (Fsp3) is 0.375. The highest BCUT2D eigenvalue weighted by molar-refractivity contribution is 14.0. The van der Waals surface area contributed by atoms with E-state index in [1.54, 1.807) is 19.2 Å². The summed E-state index contributed by atoms with van der Waals surface area (Å²) in [7, 11) is 1.68. The van der Waals surface area contributed by atoms with Gasteiger partial charge in [0.1, 0.15) is 12.4 Å². The Labute approximate surface area is 184 Å². The summed E-state index contributed by atoms with van der Waals surface area (Å²) in [5.41, 5.74) is 0.880. The van der Waals surface area contributed by atoms with Crippen LogP contribution in [0.15, 0.2) is 21.5 Å². The largest absolute Gasteiger partial charge is 0.489 e. The predicted octanol–water partition coefficient (Wildman–Crippen LogP) is 4.61. The molecule has 0 atom stereocenters. The van der Waals surface area contributed by atoms with Crippen molar-refractivity contribution in [1.82, 2.24) is 15.6 Å². The minimum Gasteiger partial charge on any atom is -0.489 e. The zero-order valence-corrected chi connectivity index (χ0v) is 19.1. The molecule has 1 aromatic carbocycles. The fourth-order valence-electron chi connectivity index (χ4n) is 1.98. The Kier molecular flexibility index (Phi) is 9.84. The van der Waals surface area contributed by atoms with Crippen LogP contribution in [0.1, 0.15) is 17.3 Å². The topological polar surface area (TPSA) is 71.7 Å². The van der Waals surface area contributed by atoms with Gasteiger partial charge in [0, 0.05) is 12.1 Å². The van der Waals surface area contributed by atoms with Crippen LogP contribution in [-0.4, -0.2) is 31.1 Å². The van der Waals surface area contributed by atoms with E-state index >= 15 is 0 Å². The minimum absolute atomic E-state index is 0. The van der Waals surface area contributed by atoms with E-state index in [-0.39, 0.29) is 24.0 Å². The number of nitrogens with one attached hydrogen (secondary N) is 2. The number of hydrogen-bond donors (Lipinski definition) is 2. The Bertz CT molecular complexity index is 725. The van der Waals surface area contributed by atoms with Crippen molar-refractivity contribution in [3.8, 4) is 5.75 Å². The van der Waals surface area contributed by atoms with Gasteiger partial charge in [-0.1, -0.05) is 34.8 Å². The number of rotatable bonds is 6. The Balaban J connectivity index is 0.00000338. The third-order valence-electron chi connectivity index (χ3n) is 3.31. The monoisotopic (exact) mass is 532 g/mol. The van der Waals surface area contributed by atoms with Crippen molar-refractivity contribution in [2.24, 2.45) is 4.99 Å². The smallest absolute Gasteiger partial charge is 0.214 e. The molecule has 0 amide bonds. The van der Waals surface area contributed by atoms with Crippen LogP contribution in [-0.2, 0) is 6.54 Å². The molecule has 144 valence electrons. The maximum atomic E-state index is 6.07.